The Labute approximate surface area is 168 Å². The minimum Gasteiger partial charge on any atom is -0.378 e. The smallest absolute Gasteiger partial charge is 0.378 e. The Morgan fingerprint density at radius 2 is 2.04 bits per heavy atom. The number of hydrogen-bond donors (Lipinski definition) is 1. The molecule has 0 saturated heterocycles. The average Bonchev–Trinajstić information content (AvgIpc) is 2.64. The fourth-order valence-corrected chi connectivity index (χ4v) is 2.13. The van der Waals surface area contributed by atoms with Gasteiger partial charge in [0.05, 0.1) is 0 Å². The van der Waals surface area contributed by atoms with Crippen LogP contribution in [0, 0.1) is 23.7 Å². The van der Waals surface area contributed by atoms with Gasteiger partial charge >= 0.3 is 6.09 Å². The van der Waals surface area contributed by atoms with Crippen molar-refractivity contribution in [1.82, 2.24) is 0 Å². The summed E-state index contributed by atoms with van der Waals surface area (Å²) < 4.78 is 5.04. The summed E-state index contributed by atoms with van der Waals surface area (Å²) in [4.78, 5) is 30.4. The highest BCUT2D eigenvalue weighted by Crippen LogP contribution is 2.20. The first kappa shape index (κ1) is 23.4. The lowest BCUT2D eigenvalue weighted by molar-refractivity contribution is -1.02. The SMILES string of the molecule is C=CC[N+](C)(OCC#CC(C)C)C(=O)Oc1cccc(NC(=O)C(C)CC)c1. The van der Waals surface area contributed by atoms with E-state index in [1.807, 2.05) is 27.7 Å². The maximum absolute atomic E-state index is 12.7. The zero-order valence-electron chi connectivity index (χ0n) is 17.5. The van der Waals surface area contributed by atoms with E-state index in [2.05, 4.69) is 23.7 Å². The first-order valence-corrected chi connectivity index (χ1v) is 9.44. The van der Waals surface area contributed by atoms with Crippen molar-refractivity contribution in [3.05, 3.63) is 36.9 Å². The second-order valence-corrected chi connectivity index (χ2v) is 7.02. The lowest BCUT2D eigenvalue weighted by Gasteiger charge is -2.25. The minimum absolute atomic E-state index is 0.0784. The summed E-state index contributed by atoms with van der Waals surface area (Å²) >= 11 is 0. The standard InChI is InChI=1S/C22H30N2O4/c1-7-14-24(6,27-15-10-11-17(3)4)22(26)28-20-13-9-12-19(16-20)23-21(25)18(5)8-2/h7,9,12-13,16-18H,1,8,14-15H2,2-6H3/p+1. The number of rotatable bonds is 8. The van der Waals surface area contributed by atoms with Gasteiger partial charge in [0.25, 0.3) is 0 Å². The Bertz CT molecular complexity index is 748. The van der Waals surface area contributed by atoms with Crippen molar-refractivity contribution in [3.8, 4) is 17.6 Å². The Hall–Kier alpha value is -2.62. The van der Waals surface area contributed by atoms with E-state index in [0.717, 1.165) is 6.42 Å². The Morgan fingerprint density at radius 3 is 2.64 bits per heavy atom. The molecule has 1 aromatic rings. The first-order valence-electron chi connectivity index (χ1n) is 9.44. The number of amides is 2. The van der Waals surface area contributed by atoms with Crippen LogP contribution in [0.25, 0.3) is 0 Å². The van der Waals surface area contributed by atoms with Crippen LogP contribution in [0.15, 0.2) is 36.9 Å². The molecular formula is C22H31N2O4+. The van der Waals surface area contributed by atoms with Gasteiger partial charge in [-0.1, -0.05) is 56.8 Å². The molecule has 0 heterocycles. The molecule has 0 spiro atoms. The number of carbonyl (C=O) groups is 2. The van der Waals surface area contributed by atoms with Crippen LogP contribution in [-0.2, 0) is 9.63 Å². The number of likely N-dealkylation sites (N-methyl/N-ethyl adjacent to an activating group) is 1. The summed E-state index contributed by atoms with van der Waals surface area (Å²) in [6, 6.07) is 6.71. The number of ether oxygens (including phenoxy) is 1. The van der Waals surface area contributed by atoms with Crippen molar-refractivity contribution in [1.29, 1.82) is 0 Å². The number of hydrogen-bond acceptors (Lipinski definition) is 4. The van der Waals surface area contributed by atoms with E-state index >= 15 is 0 Å². The molecule has 0 aliphatic rings. The number of nitrogens with zero attached hydrogens (tertiary/aromatic N) is 1. The summed E-state index contributed by atoms with van der Waals surface area (Å²) in [7, 11) is 1.59. The summed E-state index contributed by atoms with van der Waals surface area (Å²) in [5, 5.41) is 2.82. The number of benzene rings is 1. The minimum atomic E-state index is -0.600. The zero-order valence-corrected chi connectivity index (χ0v) is 17.5. The summed E-state index contributed by atoms with van der Waals surface area (Å²) in [5.41, 5.74) is 0.567. The normalized spacial score (nSPS) is 13.6. The van der Waals surface area contributed by atoms with Crippen LogP contribution >= 0.6 is 0 Å². The molecule has 2 atom stereocenters. The molecule has 152 valence electrons. The summed E-state index contributed by atoms with van der Waals surface area (Å²) in [5.74, 6) is 6.24. The number of hydroxylamine groups is 3. The Balaban J connectivity index is 2.85. The lowest BCUT2D eigenvalue weighted by Crippen LogP contribution is -2.51. The molecule has 0 aromatic heterocycles. The van der Waals surface area contributed by atoms with Gasteiger partial charge in [-0.3, -0.25) is 4.79 Å². The van der Waals surface area contributed by atoms with E-state index in [1.54, 1.807) is 37.4 Å². The van der Waals surface area contributed by atoms with E-state index in [0.29, 0.717) is 11.4 Å². The number of nitrogens with one attached hydrogen (secondary N) is 1. The van der Waals surface area contributed by atoms with E-state index < -0.39 is 10.7 Å². The van der Waals surface area contributed by atoms with Gasteiger partial charge < -0.3 is 10.1 Å². The molecule has 6 nitrogen and oxygen atoms in total. The molecule has 1 rings (SSSR count). The monoisotopic (exact) mass is 387 g/mol. The quantitative estimate of drug-likeness (QED) is 0.311. The van der Waals surface area contributed by atoms with Gasteiger partial charge in [0.1, 0.15) is 19.3 Å². The summed E-state index contributed by atoms with van der Waals surface area (Å²) in [6.07, 6.45) is 1.73. The topological polar surface area (TPSA) is 64.6 Å². The second kappa shape index (κ2) is 11.3. The van der Waals surface area contributed by atoms with Gasteiger partial charge in [0.2, 0.25) is 5.91 Å². The van der Waals surface area contributed by atoms with E-state index in [1.165, 1.54) is 0 Å². The van der Waals surface area contributed by atoms with Crippen LogP contribution in [0.5, 0.6) is 5.75 Å². The van der Waals surface area contributed by atoms with E-state index in [4.69, 9.17) is 9.57 Å². The number of quaternary nitrogens is 1. The third-order valence-corrected chi connectivity index (χ3v) is 4.04. The molecule has 0 radical (unpaired) electrons. The van der Waals surface area contributed by atoms with Crippen LogP contribution < -0.4 is 10.1 Å². The fourth-order valence-electron chi connectivity index (χ4n) is 2.13. The van der Waals surface area contributed by atoms with Crippen molar-refractivity contribution in [2.24, 2.45) is 11.8 Å². The van der Waals surface area contributed by atoms with Crippen LogP contribution in [0.1, 0.15) is 34.1 Å². The van der Waals surface area contributed by atoms with Crippen LogP contribution in [-0.4, -0.2) is 36.8 Å². The molecule has 2 amide bonds. The third kappa shape index (κ3) is 7.55. The van der Waals surface area contributed by atoms with Crippen molar-refractivity contribution >= 4 is 17.7 Å². The van der Waals surface area contributed by atoms with Crippen molar-refractivity contribution in [3.63, 3.8) is 0 Å². The second-order valence-electron chi connectivity index (χ2n) is 7.02. The molecule has 1 aromatic carbocycles. The first-order chi connectivity index (χ1) is 13.2. The highest BCUT2D eigenvalue weighted by atomic mass is 16.8. The largest absolute Gasteiger partial charge is 0.555 e. The Kier molecular flexibility index (Phi) is 9.43. The maximum Gasteiger partial charge on any atom is 0.555 e. The number of anilines is 1. The zero-order chi connectivity index (χ0) is 21.2. The predicted molar refractivity (Wildman–Crippen MR) is 110 cm³/mol. The van der Waals surface area contributed by atoms with Crippen molar-refractivity contribution < 1.29 is 23.8 Å². The fraction of sp³-hybridized carbons (Fsp3) is 0.455. The van der Waals surface area contributed by atoms with Crippen LogP contribution in [0.3, 0.4) is 0 Å². The molecule has 0 aliphatic heterocycles. The molecule has 0 saturated carbocycles. The summed E-state index contributed by atoms with van der Waals surface area (Å²) in [6.45, 7) is 11.8. The van der Waals surface area contributed by atoms with Gasteiger partial charge in [-0.15, -0.1) is 0 Å². The van der Waals surface area contributed by atoms with Crippen molar-refractivity contribution in [2.45, 2.75) is 34.1 Å². The van der Waals surface area contributed by atoms with E-state index in [9.17, 15) is 9.59 Å². The third-order valence-electron chi connectivity index (χ3n) is 4.04. The molecule has 2 unspecified atom stereocenters. The number of carbonyl (C=O) groups excluding carboxylic acids is 2. The molecule has 0 aliphatic carbocycles. The van der Waals surface area contributed by atoms with Gasteiger partial charge in [-0.25, -0.2) is 0 Å². The molecule has 0 bridgehead atoms. The maximum atomic E-state index is 12.7. The highest BCUT2D eigenvalue weighted by molar-refractivity contribution is 5.92. The van der Waals surface area contributed by atoms with Gasteiger partial charge in [-0.2, -0.15) is 9.63 Å². The molecular weight excluding hydrogens is 356 g/mol. The van der Waals surface area contributed by atoms with Gasteiger partial charge in [-0.05, 0) is 24.6 Å². The van der Waals surface area contributed by atoms with E-state index in [-0.39, 0.29) is 30.9 Å². The van der Waals surface area contributed by atoms with Gasteiger partial charge in [0, 0.05) is 23.6 Å². The van der Waals surface area contributed by atoms with Crippen molar-refractivity contribution in [2.75, 3.05) is 25.5 Å². The van der Waals surface area contributed by atoms with Crippen LogP contribution in [0.4, 0.5) is 10.5 Å². The lowest BCUT2D eigenvalue weighted by atomic mass is 10.1. The highest BCUT2D eigenvalue weighted by Gasteiger charge is 2.36. The Morgan fingerprint density at radius 1 is 1.32 bits per heavy atom. The molecule has 1 N–H and O–H groups in total. The average molecular weight is 388 g/mol. The van der Waals surface area contributed by atoms with Crippen LogP contribution in [0.2, 0.25) is 0 Å². The molecule has 6 heteroatoms. The molecule has 0 fully saturated rings. The van der Waals surface area contributed by atoms with Gasteiger partial charge in [0.15, 0.2) is 6.61 Å². The predicted octanol–water partition coefficient (Wildman–Crippen LogP) is 4.39. The molecule has 28 heavy (non-hydrogen) atoms.